The van der Waals surface area contributed by atoms with Gasteiger partial charge in [-0.2, -0.15) is 9.36 Å². The van der Waals surface area contributed by atoms with Crippen molar-refractivity contribution >= 4 is 17.2 Å². The predicted molar refractivity (Wildman–Crippen MR) is 74.3 cm³/mol. The van der Waals surface area contributed by atoms with Crippen molar-refractivity contribution < 1.29 is 4.74 Å². The standard InChI is InChI=1S/C13H17N3OS/c1-8-5-6-9(14)7-10(8)17-12-15-11(16-18-12)13(2,3)4/h5-7H,14H2,1-4H3. The summed E-state index contributed by atoms with van der Waals surface area (Å²) < 4.78 is 10.0. The van der Waals surface area contributed by atoms with Crippen molar-refractivity contribution in [1.29, 1.82) is 0 Å². The second-order valence-corrected chi connectivity index (χ2v) is 5.98. The Morgan fingerprint density at radius 1 is 1.28 bits per heavy atom. The molecule has 0 atom stereocenters. The first-order valence-corrected chi connectivity index (χ1v) is 6.52. The number of aryl methyl sites for hydroxylation is 1. The average Bonchev–Trinajstić information content (AvgIpc) is 2.71. The minimum Gasteiger partial charge on any atom is -0.429 e. The molecule has 96 valence electrons. The lowest BCUT2D eigenvalue weighted by molar-refractivity contribution is 0.465. The van der Waals surface area contributed by atoms with Gasteiger partial charge in [-0.1, -0.05) is 26.8 Å². The van der Waals surface area contributed by atoms with Gasteiger partial charge in [0.15, 0.2) is 5.82 Å². The normalized spacial score (nSPS) is 11.6. The summed E-state index contributed by atoms with van der Waals surface area (Å²) in [5, 5.41) is 0.550. The number of aromatic nitrogens is 2. The summed E-state index contributed by atoms with van der Waals surface area (Å²) in [4.78, 5) is 4.39. The third-order valence-corrected chi connectivity index (χ3v) is 3.08. The van der Waals surface area contributed by atoms with Gasteiger partial charge in [-0.15, -0.1) is 0 Å². The zero-order valence-corrected chi connectivity index (χ0v) is 11.8. The van der Waals surface area contributed by atoms with Crippen LogP contribution in [-0.4, -0.2) is 9.36 Å². The molecule has 4 nitrogen and oxygen atoms in total. The lowest BCUT2D eigenvalue weighted by Crippen LogP contribution is -2.12. The Morgan fingerprint density at radius 3 is 2.61 bits per heavy atom. The second-order valence-electron chi connectivity index (χ2n) is 5.26. The summed E-state index contributed by atoms with van der Waals surface area (Å²) in [6, 6.07) is 5.58. The predicted octanol–water partition coefficient (Wildman–Crippen LogP) is 3.52. The Morgan fingerprint density at radius 2 is 2.00 bits per heavy atom. The lowest BCUT2D eigenvalue weighted by Gasteiger charge is -2.12. The molecule has 0 unspecified atom stereocenters. The third kappa shape index (κ3) is 2.79. The molecule has 18 heavy (non-hydrogen) atoms. The molecule has 5 heteroatoms. The maximum Gasteiger partial charge on any atom is 0.298 e. The number of anilines is 1. The van der Waals surface area contributed by atoms with Crippen LogP contribution in [0.2, 0.25) is 0 Å². The van der Waals surface area contributed by atoms with Gasteiger partial charge in [-0.25, -0.2) is 0 Å². The Labute approximate surface area is 111 Å². The smallest absolute Gasteiger partial charge is 0.298 e. The highest BCUT2D eigenvalue weighted by atomic mass is 32.1. The topological polar surface area (TPSA) is 61.0 Å². The molecule has 0 amide bonds. The SMILES string of the molecule is Cc1ccc(N)cc1Oc1nc(C(C)(C)C)ns1. The van der Waals surface area contributed by atoms with E-state index in [0.717, 1.165) is 17.1 Å². The van der Waals surface area contributed by atoms with Crippen LogP contribution in [0, 0.1) is 6.92 Å². The number of nitrogens with two attached hydrogens (primary N) is 1. The van der Waals surface area contributed by atoms with E-state index in [4.69, 9.17) is 10.5 Å². The fraction of sp³-hybridized carbons (Fsp3) is 0.385. The monoisotopic (exact) mass is 263 g/mol. The molecule has 2 aromatic rings. The van der Waals surface area contributed by atoms with E-state index in [1.807, 2.05) is 19.1 Å². The highest BCUT2D eigenvalue weighted by Gasteiger charge is 2.20. The molecular formula is C13H17N3OS. The van der Waals surface area contributed by atoms with Crippen LogP contribution in [-0.2, 0) is 5.41 Å². The Bertz CT molecular complexity index is 558. The number of nitrogen functional groups attached to an aromatic ring is 1. The Kier molecular flexibility index (Phi) is 3.26. The van der Waals surface area contributed by atoms with E-state index in [1.165, 1.54) is 11.5 Å². The summed E-state index contributed by atoms with van der Waals surface area (Å²) in [7, 11) is 0. The van der Waals surface area contributed by atoms with Gasteiger partial charge < -0.3 is 10.5 Å². The van der Waals surface area contributed by atoms with Crippen LogP contribution < -0.4 is 10.5 Å². The van der Waals surface area contributed by atoms with Gasteiger partial charge in [0.1, 0.15) is 5.75 Å². The number of rotatable bonds is 2. The molecule has 2 rings (SSSR count). The Balaban J connectivity index is 2.24. The van der Waals surface area contributed by atoms with Crippen molar-refractivity contribution in [3.8, 4) is 10.9 Å². The highest BCUT2D eigenvalue weighted by Crippen LogP contribution is 2.30. The first kappa shape index (κ1) is 12.8. The lowest BCUT2D eigenvalue weighted by atomic mass is 9.96. The van der Waals surface area contributed by atoms with E-state index in [2.05, 4.69) is 30.1 Å². The zero-order chi connectivity index (χ0) is 13.3. The Hall–Kier alpha value is -1.62. The number of hydrogen-bond acceptors (Lipinski definition) is 5. The molecule has 0 aliphatic rings. The fourth-order valence-electron chi connectivity index (χ4n) is 1.38. The molecule has 1 aromatic heterocycles. The van der Waals surface area contributed by atoms with Crippen molar-refractivity contribution in [2.24, 2.45) is 0 Å². The number of nitrogens with zero attached hydrogens (tertiary/aromatic N) is 2. The first-order valence-electron chi connectivity index (χ1n) is 5.74. The van der Waals surface area contributed by atoms with Crippen LogP contribution in [0.15, 0.2) is 18.2 Å². The van der Waals surface area contributed by atoms with Gasteiger partial charge in [0.25, 0.3) is 5.19 Å². The zero-order valence-electron chi connectivity index (χ0n) is 11.0. The van der Waals surface area contributed by atoms with E-state index >= 15 is 0 Å². The summed E-state index contributed by atoms with van der Waals surface area (Å²) in [6.07, 6.45) is 0. The average molecular weight is 263 g/mol. The molecule has 0 spiro atoms. The van der Waals surface area contributed by atoms with Crippen molar-refractivity contribution in [2.45, 2.75) is 33.1 Å². The molecule has 0 bridgehead atoms. The van der Waals surface area contributed by atoms with E-state index in [0.29, 0.717) is 10.9 Å². The van der Waals surface area contributed by atoms with Gasteiger partial charge >= 0.3 is 0 Å². The molecular weight excluding hydrogens is 246 g/mol. The molecule has 0 aliphatic carbocycles. The van der Waals surface area contributed by atoms with Crippen LogP contribution in [0.5, 0.6) is 10.9 Å². The summed E-state index contributed by atoms with van der Waals surface area (Å²) in [5.41, 5.74) is 7.38. The fourth-order valence-corrected chi connectivity index (χ4v) is 2.11. The van der Waals surface area contributed by atoms with Crippen molar-refractivity contribution in [3.05, 3.63) is 29.6 Å². The van der Waals surface area contributed by atoms with Crippen LogP contribution >= 0.6 is 11.5 Å². The molecule has 0 fully saturated rings. The van der Waals surface area contributed by atoms with Gasteiger partial charge in [0.05, 0.1) is 0 Å². The molecule has 2 N–H and O–H groups in total. The third-order valence-electron chi connectivity index (χ3n) is 2.49. The minimum absolute atomic E-state index is 0.0666. The second kappa shape index (κ2) is 4.57. The van der Waals surface area contributed by atoms with Crippen LogP contribution in [0.25, 0.3) is 0 Å². The highest BCUT2D eigenvalue weighted by molar-refractivity contribution is 7.07. The van der Waals surface area contributed by atoms with Crippen molar-refractivity contribution in [2.75, 3.05) is 5.73 Å². The van der Waals surface area contributed by atoms with Crippen LogP contribution in [0.4, 0.5) is 5.69 Å². The molecule has 0 radical (unpaired) electrons. The number of ether oxygens (including phenoxy) is 1. The van der Waals surface area contributed by atoms with Gasteiger partial charge in [0.2, 0.25) is 0 Å². The van der Waals surface area contributed by atoms with E-state index in [9.17, 15) is 0 Å². The van der Waals surface area contributed by atoms with Crippen LogP contribution in [0.3, 0.4) is 0 Å². The van der Waals surface area contributed by atoms with Gasteiger partial charge in [0, 0.05) is 28.7 Å². The number of hydrogen-bond donors (Lipinski definition) is 1. The first-order chi connectivity index (χ1) is 8.36. The van der Waals surface area contributed by atoms with Gasteiger partial charge in [-0.3, -0.25) is 0 Å². The van der Waals surface area contributed by atoms with Gasteiger partial charge in [-0.05, 0) is 18.6 Å². The summed E-state index contributed by atoms with van der Waals surface area (Å²) >= 11 is 1.26. The quantitative estimate of drug-likeness (QED) is 0.842. The molecule has 1 heterocycles. The van der Waals surface area contributed by atoms with Crippen molar-refractivity contribution in [1.82, 2.24) is 9.36 Å². The van der Waals surface area contributed by atoms with E-state index in [-0.39, 0.29) is 5.41 Å². The largest absolute Gasteiger partial charge is 0.429 e. The molecule has 0 saturated carbocycles. The van der Waals surface area contributed by atoms with Crippen LogP contribution in [0.1, 0.15) is 32.2 Å². The summed E-state index contributed by atoms with van der Waals surface area (Å²) in [6.45, 7) is 8.19. The molecule has 0 saturated heterocycles. The summed E-state index contributed by atoms with van der Waals surface area (Å²) in [5.74, 6) is 1.52. The van der Waals surface area contributed by atoms with E-state index in [1.54, 1.807) is 6.07 Å². The maximum absolute atomic E-state index is 5.74. The number of benzene rings is 1. The maximum atomic E-state index is 5.74. The van der Waals surface area contributed by atoms with E-state index < -0.39 is 0 Å². The molecule has 0 aliphatic heterocycles. The van der Waals surface area contributed by atoms with Crippen molar-refractivity contribution in [3.63, 3.8) is 0 Å². The molecule has 1 aromatic carbocycles. The minimum atomic E-state index is -0.0666.